The predicted octanol–water partition coefficient (Wildman–Crippen LogP) is 5.79. The van der Waals surface area contributed by atoms with E-state index in [2.05, 4.69) is 21.2 Å². The van der Waals surface area contributed by atoms with Gasteiger partial charge in [0.25, 0.3) is 0 Å². The van der Waals surface area contributed by atoms with Crippen molar-refractivity contribution >= 4 is 44.6 Å². The number of thiophene rings is 1. The minimum atomic E-state index is -0.233. The molecule has 1 aromatic carbocycles. The Labute approximate surface area is 128 Å². The van der Waals surface area contributed by atoms with Gasteiger partial charge in [0.2, 0.25) is 0 Å². The number of rotatable bonds is 2. The molecular weight excluding hydrogens is 349 g/mol. The first-order valence-corrected chi connectivity index (χ1v) is 8.12. The lowest BCUT2D eigenvalue weighted by molar-refractivity contribution is 0.591. The molecule has 1 aliphatic carbocycles. The van der Waals surface area contributed by atoms with Crippen LogP contribution in [-0.4, -0.2) is 0 Å². The van der Waals surface area contributed by atoms with Crippen molar-refractivity contribution in [2.24, 2.45) is 0 Å². The van der Waals surface area contributed by atoms with Gasteiger partial charge in [0.15, 0.2) is 0 Å². The van der Waals surface area contributed by atoms with E-state index in [1.165, 1.54) is 16.5 Å². The molecule has 1 aliphatic rings. The van der Waals surface area contributed by atoms with E-state index in [0.717, 1.165) is 28.1 Å². The number of hydrogen-bond donors (Lipinski definition) is 1. The first kappa shape index (κ1) is 13.4. The van der Waals surface area contributed by atoms with Gasteiger partial charge in [0.1, 0.15) is 5.82 Å². The summed E-state index contributed by atoms with van der Waals surface area (Å²) in [5, 5.41) is 3.31. The Kier molecular flexibility index (Phi) is 3.83. The van der Waals surface area contributed by atoms with Gasteiger partial charge in [0, 0.05) is 9.35 Å². The fraction of sp³-hybridized carbons (Fsp3) is 0.286. The topological polar surface area (TPSA) is 12.0 Å². The van der Waals surface area contributed by atoms with E-state index in [-0.39, 0.29) is 11.9 Å². The molecule has 1 unspecified atom stereocenters. The van der Waals surface area contributed by atoms with Crippen LogP contribution in [-0.2, 0) is 6.42 Å². The number of aryl methyl sites for hydroxylation is 1. The maximum absolute atomic E-state index is 13.9. The highest BCUT2D eigenvalue weighted by Gasteiger charge is 2.24. The maximum atomic E-state index is 13.9. The molecule has 100 valence electrons. The molecular formula is C14H12BrClFNS. The summed E-state index contributed by atoms with van der Waals surface area (Å²) in [6.07, 6.45) is 3.18. The highest BCUT2D eigenvalue weighted by atomic mass is 79.9. The number of hydrogen-bond acceptors (Lipinski definition) is 2. The van der Waals surface area contributed by atoms with E-state index in [1.807, 2.05) is 12.1 Å². The van der Waals surface area contributed by atoms with Crippen LogP contribution in [0.25, 0.3) is 0 Å². The number of fused-ring (bicyclic) bond motifs is 1. The number of nitrogens with one attached hydrogen (secondary N) is 1. The van der Waals surface area contributed by atoms with Gasteiger partial charge in [-0.2, -0.15) is 0 Å². The third-order valence-electron chi connectivity index (χ3n) is 3.37. The average Bonchev–Trinajstić information content (AvgIpc) is 2.75. The zero-order chi connectivity index (χ0) is 13.4. The molecule has 0 saturated heterocycles. The molecule has 0 amide bonds. The van der Waals surface area contributed by atoms with Gasteiger partial charge in [0.05, 0.1) is 16.1 Å². The van der Waals surface area contributed by atoms with Crippen molar-refractivity contribution in [3.05, 3.63) is 49.3 Å². The Morgan fingerprint density at radius 1 is 1.42 bits per heavy atom. The van der Waals surface area contributed by atoms with Gasteiger partial charge in [-0.15, -0.1) is 11.3 Å². The molecule has 0 aliphatic heterocycles. The van der Waals surface area contributed by atoms with Crippen molar-refractivity contribution in [2.75, 3.05) is 5.32 Å². The van der Waals surface area contributed by atoms with Gasteiger partial charge in [-0.25, -0.2) is 4.39 Å². The predicted molar refractivity (Wildman–Crippen MR) is 82.7 cm³/mol. The summed E-state index contributed by atoms with van der Waals surface area (Å²) in [5.74, 6) is -0.233. The van der Waals surface area contributed by atoms with Gasteiger partial charge in [-0.05, 0) is 59.0 Å². The van der Waals surface area contributed by atoms with Gasteiger partial charge >= 0.3 is 0 Å². The number of benzene rings is 1. The number of halogens is 3. The largest absolute Gasteiger partial charge is 0.375 e. The first-order chi connectivity index (χ1) is 9.15. The molecule has 5 heteroatoms. The Bertz CT molecular complexity index is 593. The number of para-hydroxylation sites is 1. The van der Waals surface area contributed by atoms with Crippen molar-refractivity contribution in [3.63, 3.8) is 0 Å². The van der Waals surface area contributed by atoms with Crippen LogP contribution >= 0.6 is 38.9 Å². The van der Waals surface area contributed by atoms with Crippen molar-refractivity contribution in [2.45, 2.75) is 25.3 Å². The molecule has 19 heavy (non-hydrogen) atoms. The van der Waals surface area contributed by atoms with Crippen molar-refractivity contribution in [1.29, 1.82) is 0 Å². The minimum Gasteiger partial charge on any atom is -0.375 e. The Balaban J connectivity index is 1.92. The summed E-state index contributed by atoms with van der Waals surface area (Å²) in [4.78, 5) is 1.32. The van der Waals surface area contributed by atoms with Gasteiger partial charge < -0.3 is 5.32 Å². The molecule has 0 radical (unpaired) electrons. The van der Waals surface area contributed by atoms with Gasteiger partial charge in [-0.1, -0.05) is 17.7 Å². The molecule has 0 fully saturated rings. The normalized spacial score (nSPS) is 18.2. The fourth-order valence-corrected chi connectivity index (χ4v) is 4.32. The van der Waals surface area contributed by atoms with Crippen molar-refractivity contribution < 1.29 is 4.39 Å². The van der Waals surface area contributed by atoms with Crippen molar-refractivity contribution in [3.8, 4) is 0 Å². The highest BCUT2D eigenvalue weighted by Crippen LogP contribution is 2.40. The molecule has 3 rings (SSSR count). The molecule has 0 spiro atoms. The van der Waals surface area contributed by atoms with Crippen LogP contribution in [0.1, 0.15) is 29.3 Å². The van der Waals surface area contributed by atoms with Crippen LogP contribution in [0.15, 0.2) is 28.7 Å². The lowest BCUT2D eigenvalue weighted by atomic mass is 9.94. The van der Waals surface area contributed by atoms with Crippen LogP contribution in [0.3, 0.4) is 0 Å². The Hall–Kier alpha value is -0.580. The third kappa shape index (κ3) is 2.67. The Morgan fingerprint density at radius 3 is 3.05 bits per heavy atom. The zero-order valence-corrected chi connectivity index (χ0v) is 13.2. The monoisotopic (exact) mass is 359 g/mol. The maximum Gasteiger partial charge on any atom is 0.147 e. The fourth-order valence-electron chi connectivity index (χ4n) is 2.48. The highest BCUT2D eigenvalue weighted by molar-refractivity contribution is 9.10. The van der Waals surface area contributed by atoms with Crippen LogP contribution in [0.2, 0.25) is 4.34 Å². The molecule has 1 N–H and O–H groups in total. The SMILES string of the molecule is Fc1cccc(Br)c1NC1CCCc2sc(Cl)cc21. The minimum absolute atomic E-state index is 0.140. The lowest BCUT2D eigenvalue weighted by Crippen LogP contribution is -2.16. The average molecular weight is 361 g/mol. The molecule has 0 bridgehead atoms. The second kappa shape index (κ2) is 5.43. The number of anilines is 1. The molecule has 1 atom stereocenters. The smallest absolute Gasteiger partial charge is 0.147 e. The summed E-state index contributed by atoms with van der Waals surface area (Å²) in [6, 6.07) is 7.15. The molecule has 1 nitrogen and oxygen atoms in total. The second-order valence-corrected chi connectivity index (χ2v) is 7.24. The summed E-state index contributed by atoms with van der Waals surface area (Å²) in [5.41, 5.74) is 1.75. The summed E-state index contributed by atoms with van der Waals surface area (Å²) >= 11 is 11.1. The van der Waals surface area contributed by atoms with Crippen molar-refractivity contribution in [1.82, 2.24) is 0 Å². The molecule has 2 aromatic rings. The zero-order valence-electron chi connectivity index (χ0n) is 10.1. The molecule has 1 aromatic heterocycles. The van der Waals surface area contributed by atoms with E-state index in [0.29, 0.717) is 5.69 Å². The molecule has 1 heterocycles. The van der Waals surface area contributed by atoms with Gasteiger partial charge in [-0.3, -0.25) is 0 Å². The van der Waals surface area contributed by atoms with E-state index < -0.39 is 0 Å². The van der Waals surface area contributed by atoms with E-state index in [4.69, 9.17) is 11.6 Å². The van der Waals surface area contributed by atoms with Crippen LogP contribution in [0, 0.1) is 5.82 Å². The van der Waals surface area contributed by atoms with E-state index in [1.54, 1.807) is 17.4 Å². The second-order valence-electron chi connectivity index (χ2n) is 4.61. The van der Waals surface area contributed by atoms with Crippen LogP contribution < -0.4 is 5.32 Å². The summed E-state index contributed by atoms with van der Waals surface area (Å²) in [7, 11) is 0. The lowest BCUT2D eigenvalue weighted by Gasteiger charge is -2.25. The van der Waals surface area contributed by atoms with Crippen LogP contribution in [0.4, 0.5) is 10.1 Å². The van der Waals surface area contributed by atoms with Crippen LogP contribution in [0.5, 0.6) is 0 Å². The quantitative estimate of drug-likeness (QED) is 0.714. The molecule has 0 saturated carbocycles. The van der Waals surface area contributed by atoms with E-state index >= 15 is 0 Å². The first-order valence-electron chi connectivity index (χ1n) is 6.14. The standard InChI is InChI=1S/C14H12BrClFNS/c15-9-3-1-4-10(17)14(9)18-11-5-2-6-12-8(11)7-13(16)19-12/h1,3-4,7,11,18H,2,5-6H2. The third-order valence-corrected chi connectivity index (χ3v) is 5.37. The van der Waals surface area contributed by atoms with E-state index in [9.17, 15) is 4.39 Å². The Morgan fingerprint density at radius 2 is 2.26 bits per heavy atom. The summed E-state index contributed by atoms with van der Waals surface area (Å²) < 4.78 is 15.4. The summed E-state index contributed by atoms with van der Waals surface area (Å²) in [6.45, 7) is 0.